The average Bonchev–Trinajstić information content (AvgIpc) is 2.17. The van der Waals surface area contributed by atoms with Crippen molar-refractivity contribution in [3.05, 3.63) is 35.4 Å². The molecule has 1 rings (SSSR count). The molecule has 3 nitrogen and oxygen atoms in total. The van der Waals surface area contributed by atoms with Gasteiger partial charge in [-0.25, -0.2) is 0 Å². The molecular weight excluding hydrogens is 267 g/mol. The highest BCUT2D eigenvalue weighted by molar-refractivity contribution is 14.1. The summed E-state index contributed by atoms with van der Waals surface area (Å²) in [5.41, 5.74) is 0.996. The Labute approximate surface area is 83.9 Å². The molecule has 1 aromatic carbocycles. The lowest BCUT2D eigenvalue weighted by Gasteiger charge is -1.96. The molecule has 0 spiro atoms. The first kappa shape index (κ1) is 9.00. The standard InChI is InChI=1S/C8H5IN2O/c9-11-8(12)7-3-1-2-6(4-7)5-10/h1-4H,(H,11,12). The highest BCUT2D eigenvalue weighted by Crippen LogP contribution is 2.04. The van der Waals surface area contributed by atoms with Crippen molar-refractivity contribution in [2.75, 3.05) is 0 Å². The second-order valence-electron chi connectivity index (χ2n) is 2.12. The van der Waals surface area contributed by atoms with Crippen LogP contribution in [0, 0.1) is 11.3 Å². The number of benzene rings is 1. The number of nitrogens with zero attached hydrogens (tertiary/aromatic N) is 1. The summed E-state index contributed by atoms with van der Waals surface area (Å²) < 4.78 is 2.45. The summed E-state index contributed by atoms with van der Waals surface area (Å²) in [6.45, 7) is 0. The number of nitriles is 1. The van der Waals surface area contributed by atoms with Crippen molar-refractivity contribution in [2.45, 2.75) is 0 Å². The zero-order valence-corrected chi connectivity index (χ0v) is 8.20. The third kappa shape index (κ3) is 1.95. The minimum absolute atomic E-state index is 0.187. The van der Waals surface area contributed by atoms with Gasteiger partial charge in [0, 0.05) is 5.56 Å². The number of carbonyl (C=O) groups excluding carboxylic acids is 1. The molecule has 0 heterocycles. The van der Waals surface area contributed by atoms with Crippen LogP contribution >= 0.6 is 22.9 Å². The maximum absolute atomic E-state index is 11.1. The minimum Gasteiger partial charge on any atom is -0.295 e. The van der Waals surface area contributed by atoms with Gasteiger partial charge in [0.2, 0.25) is 0 Å². The topological polar surface area (TPSA) is 52.9 Å². The Hall–Kier alpha value is -1.09. The summed E-state index contributed by atoms with van der Waals surface area (Å²) in [6.07, 6.45) is 0. The predicted molar refractivity (Wildman–Crippen MR) is 52.6 cm³/mol. The summed E-state index contributed by atoms with van der Waals surface area (Å²) >= 11 is 1.76. The van der Waals surface area contributed by atoms with Crippen LogP contribution in [-0.2, 0) is 0 Å². The molecule has 0 aliphatic heterocycles. The van der Waals surface area contributed by atoms with E-state index in [1.165, 1.54) is 0 Å². The molecule has 12 heavy (non-hydrogen) atoms. The van der Waals surface area contributed by atoms with Gasteiger partial charge in [0.15, 0.2) is 0 Å². The minimum atomic E-state index is -0.187. The van der Waals surface area contributed by atoms with Crippen molar-refractivity contribution < 1.29 is 4.79 Å². The molecule has 1 amide bonds. The van der Waals surface area contributed by atoms with Gasteiger partial charge < -0.3 is 0 Å². The van der Waals surface area contributed by atoms with E-state index < -0.39 is 0 Å². The first-order chi connectivity index (χ1) is 5.77. The molecule has 0 saturated carbocycles. The Bertz CT molecular complexity index is 343. The highest BCUT2D eigenvalue weighted by Gasteiger charge is 2.02. The molecule has 4 heteroatoms. The van der Waals surface area contributed by atoms with Crippen LogP contribution in [0.1, 0.15) is 15.9 Å². The highest BCUT2D eigenvalue weighted by atomic mass is 127. The van der Waals surface area contributed by atoms with E-state index in [2.05, 4.69) is 3.53 Å². The van der Waals surface area contributed by atoms with E-state index in [-0.39, 0.29) is 5.91 Å². The van der Waals surface area contributed by atoms with E-state index in [1.807, 2.05) is 6.07 Å². The molecule has 0 aliphatic rings. The van der Waals surface area contributed by atoms with E-state index >= 15 is 0 Å². The molecule has 1 N–H and O–H groups in total. The van der Waals surface area contributed by atoms with Gasteiger partial charge in [0.1, 0.15) is 0 Å². The molecule has 0 saturated heterocycles. The van der Waals surface area contributed by atoms with Crippen LogP contribution in [0.2, 0.25) is 0 Å². The van der Waals surface area contributed by atoms with Gasteiger partial charge in [-0.3, -0.25) is 8.32 Å². The molecule has 1 aromatic rings. The molecular formula is C8H5IN2O. The maximum Gasteiger partial charge on any atom is 0.259 e. The quantitative estimate of drug-likeness (QED) is 0.624. The molecule has 0 aromatic heterocycles. The number of hydrogen-bond acceptors (Lipinski definition) is 2. The van der Waals surface area contributed by atoms with Gasteiger partial charge in [0.25, 0.3) is 5.91 Å². The van der Waals surface area contributed by atoms with Crippen LogP contribution in [0.4, 0.5) is 0 Å². The van der Waals surface area contributed by atoms with Crippen LogP contribution in [-0.4, -0.2) is 5.91 Å². The van der Waals surface area contributed by atoms with Gasteiger partial charge in [-0.2, -0.15) is 5.26 Å². The number of rotatable bonds is 1. The molecule has 0 unspecified atom stereocenters. The Morgan fingerprint density at radius 1 is 1.58 bits per heavy atom. The lowest BCUT2D eigenvalue weighted by molar-refractivity contribution is 0.0989. The average molecular weight is 272 g/mol. The van der Waals surface area contributed by atoms with Gasteiger partial charge in [0.05, 0.1) is 34.5 Å². The van der Waals surface area contributed by atoms with Gasteiger partial charge in [-0.15, -0.1) is 0 Å². The fourth-order valence-electron chi connectivity index (χ4n) is 0.785. The van der Waals surface area contributed by atoms with Gasteiger partial charge in [-0.1, -0.05) is 6.07 Å². The zero-order chi connectivity index (χ0) is 8.97. The lowest BCUT2D eigenvalue weighted by Crippen LogP contribution is -2.11. The van der Waals surface area contributed by atoms with Crippen LogP contribution in [0.15, 0.2) is 24.3 Å². The summed E-state index contributed by atoms with van der Waals surface area (Å²) in [5, 5.41) is 8.53. The maximum atomic E-state index is 11.1. The smallest absolute Gasteiger partial charge is 0.259 e. The second-order valence-corrected chi connectivity index (χ2v) is 2.66. The van der Waals surface area contributed by atoms with Crippen LogP contribution < -0.4 is 3.53 Å². The van der Waals surface area contributed by atoms with E-state index in [1.54, 1.807) is 47.1 Å². The summed E-state index contributed by atoms with van der Waals surface area (Å²) in [7, 11) is 0. The predicted octanol–water partition coefficient (Wildman–Crippen LogP) is 1.64. The van der Waals surface area contributed by atoms with Crippen molar-refractivity contribution in [3.63, 3.8) is 0 Å². The van der Waals surface area contributed by atoms with Crippen LogP contribution in [0.3, 0.4) is 0 Å². The van der Waals surface area contributed by atoms with Crippen molar-refractivity contribution >= 4 is 28.8 Å². The molecule has 0 atom stereocenters. The first-order valence-corrected chi connectivity index (χ1v) is 4.27. The molecule has 0 bridgehead atoms. The summed E-state index contributed by atoms with van der Waals surface area (Å²) in [6, 6.07) is 8.51. The molecule has 0 radical (unpaired) electrons. The van der Waals surface area contributed by atoms with Crippen molar-refractivity contribution in [1.29, 1.82) is 5.26 Å². The van der Waals surface area contributed by atoms with Gasteiger partial charge in [-0.05, 0) is 18.2 Å². The molecule has 0 fully saturated rings. The summed E-state index contributed by atoms with van der Waals surface area (Å²) in [5.74, 6) is -0.187. The molecule has 0 aliphatic carbocycles. The van der Waals surface area contributed by atoms with Crippen LogP contribution in [0.5, 0.6) is 0 Å². The normalized spacial score (nSPS) is 8.67. The fourth-order valence-corrected chi connectivity index (χ4v) is 1.10. The Balaban J connectivity index is 3.04. The van der Waals surface area contributed by atoms with E-state index in [0.717, 1.165) is 0 Å². The van der Waals surface area contributed by atoms with Gasteiger partial charge >= 0.3 is 0 Å². The molecule has 60 valence electrons. The monoisotopic (exact) mass is 272 g/mol. The number of nitrogens with one attached hydrogen (secondary N) is 1. The van der Waals surface area contributed by atoms with Crippen molar-refractivity contribution in [2.24, 2.45) is 0 Å². The third-order valence-electron chi connectivity index (χ3n) is 1.34. The second kappa shape index (κ2) is 4.07. The van der Waals surface area contributed by atoms with Crippen molar-refractivity contribution in [3.8, 4) is 6.07 Å². The summed E-state index contributed by atoms with van der Waals surface area (Å²) in [4.78, 5) is 11.1. The number of amides is 1. The Morgan fingerprint density at radius 2 is 2.33 bits per heavy atom. The third-order valence-corrected chi connectivity index (χ3v) is 1.83. The fraction of sp³-hybridized carbons (Fsp3) is 0. The number of hydrogen-bond donors (Lipinski definition) is 1. The van der Waals surface area contributed by atoms with E-state index in [0.29, 0.717) is 11.1 Å². The number of halogens is 1. The SMILES string of the molecule is N#Cc1cccc(C(=O)NI)c1. The Kier molecular flexibility index (Phi) is 3.05. The van der Waals surface area contributed by atoms with Crippen LogP contribution in [0.25, 0.3) is 0 Å². The van der Waals surface area contributed by atoms with Crippen molar-refractivity contribution in [1.82, 2.24) is 3.53 Å². The van der Waals surface area contributed by atoms with E-state index in [9.17, 15) is 4.79 Å². The van der Waals surface area contributed by atoms with E-state index in [4.69, 9.17) is 5.26 Å². The lowest BCUT2D eigenvalue weighted by atomic mass is 10.1. The zero-order valence-electron chi connectivity index (χ0n) is 6.04. The number of carbonyl (C=O) groups is 1. The Morgan fingerprint density at radius 3 is 2.92 bits per heavy atom. The largest absolute Gasteiger partial charge is 0.295 e. The first-order valence-electron chi connectivity index (χ1n) is 3.19.